The maximum absolute atomic E-state index is 14.4. The van der Waals surface area contributed by atoms with Gasteiger partial charge in [0.15, 0.2) is 5.03 Å². The number of carbonyl (C=O) groups excluding carboxylic acids is 1. The molecule has 2 aromatic heterocycles. The number of aromatic nitrogens is 2. The Balaban J connectivity index is 1.16. The van der Waals surface area contributed by atoms with Gasteiger partial charge in [0.1, 0.15) is 11.8 Å². The number of pyridine rings is 2. The Hall–Kier alpha value is -5.37. The first kappa shape index (κ1) is 36.0. The first-order valence-electron chi connectivity index (χ1n) is 17.2. The third-order valence-electron chi connectivity index (χ3n) is 9.92. The van der Waals surface area contributed by atoms with Crippen LogP contribution in [-0.2, 0) is 31.4 Å². The molecule has 0 aliphatic carbocycles. The third-order valence-corrected chi connectivity index (χ3v) is 13.0. The summed E-state index contributed by atoms with van der Waals surface area (Å²) in [6.07, 6.45) is 2.89. The van der Waals surface area contributed by atoms with Crippen LogP contribution in [0.25, 0.3) is 21.5 Å². The number of hydrogen-bond donors (Lipinski definition) is 0. The molecule has 7 rings (SSSR count). The van der Waals surface area contributed by atoms with Crippen LogP contribution in [0.4, 0.5) is 5.69 Å². The summed E-state index contributed by atoms with van der Waals surface area (Å²) >= 11 is 0. The zero-order chi connectivity index (χ0) is 37.3. The second kappa shape index (κ2) is 14.6. The number of aryl methyl sites for hydroxylation is 1. The van der Waals surface area contributed by atoms with Crippen molar-refractivity contribution in [3.05, 3.63) is 132 Å². The molecule has 3 heterocycles. The fourth-order valence-electron chi connectivity index (χ4n) is 6.79. The summed E-state index contributed by atoms with van der Waals surface area (Å²) in [5, 5.41) is 1.99. The number of anilines is 1. The summed E-state index contributed by atoms with van der Waals surface area (Å²) in [7, 11) is -7.13. The Morgan fingerprint density at radius 3 is 1.96 bits per heavy atom. The molecule has 1 atom stereocenters. The first-order chi connectivity index (χ1) is 25.4. The largest absolute Gasteiger partial charge is 0.378 e. The Morgan fingerprint density at radius 2 is 1.32 bits per heavy atom. The number of hydrogen-bond acceptors (Lipinski definition) is 9. The van der Waals surface area contributed by atoms with Gasteiger partial charge < -0.3 is 14.0 Å². The molecule has 6 aromatic rings. The van der Waals surface area contributed by atoms with Crippen molar-refractivity contribution < 1.29 is 25.8 Å². The first-order valence-corrected chi connectivity index (χ1v) is 20.1. The van der Waals surface area contributed by atoms with E-state index in [4.69, 9.17) is 4.18 Å². The lowest BCUT2D eigenvalue weighted by atomic mass is 10.0. The van der Waals surface area contributed by atoms with Gasteiger partial charge in [-0.1, -0.05) is 72.8 Å². The molecule has 1 unspecified atom stereocenters. The lowest BCUT2D eigenvalue weighted by Crippen LogP contribution is -2.56. The summed E-state index contributed by atoms with van der Waals surface area (Å²) < 4.78 is 61.8. The van der Waals surface area contributed by atoms with Crippen LogP contribution in [0, 0.1) is 13.8 Å². The van der Waals surface area contributed by atoms with Crippen molar-refractivity contribution in [2.24, 2.45) is 0 Å². The lowest BCUT2D eigenvalue weighted by Gasteiger charge is -2.39. The number of piperazine rings is 1. The maximum atomic E-state index is 14.4. The second-order valence-corrected chi connectivity index (χ2v) is 16.5. The molecule has 0 saturated carbocycles. The summed E-state index contributed by atoms with van der Waals surface area (Å²) in [6.45, 7) is 6.17. The normalized spacial score (nSPS) is 14.5. The van der Waals surface area contributed by atoms with Crippen LogP contribution < -0.4 is 9.08 Å². The number of amides is 1. The van der Waals surface area contributed by atoms with Crippen LogP contribution in [-0.4, -0.2) is 81.2 Å². The molecule has 1 amide bonds. The van der Waals surface area contributed by atoms with E-state index in [1.807, 2.05) is 24.3 Å². The molecule has 272 valence electrons. The molecule has 1 saturated heterocycles. The standard InChI is InChI=1S/C40H39N5O6S2/c1-28-9-8-14-36(29(28)2)44-23-25-45(26-24-44)40(46)37(43(3)52(47,48)38-34-12-6-4-10-31(34)19-21-41-38)27-30-15-17-33(18-16-30)51-53(49,50)39-35-13-7-5-11-32(35)20-22-42-39/h4-22,37H,23-27H2,1-3H3. The number of rotatable bonds is 10. The molecule has 1 fully saturated rings. The maximum Gasteiger partial charge on any atom is 0.357 e. The molecule has 0 bridgehead atoms. The van der Waals surface area contributed by atoms with Gasteiger partial charge in [-0.2, -0.15) is 12.7 Å². The average Bonchev–Trinajstić information content (AvgIpc) is 3.17. The van der Waals surface area contributed by atoms with E-state index < -0.39 is 26.2 Å². The summed E-state index contributed by atoms with van der Waals surface area (Å²) in [5.41, 5.74) is 4.11. The summed E-state index contributed by atoms with van der Waals surface area (Å²) in [5.74, 6) is -0.281. The number of sulfonamides is 1. The number of fused-ring (bicyclic) bond motifs is 2. The number of carbonyl (C=O) groups is 1. The average molecular weight is 750 g/mol. The van der Waals surface area contributed by atoms with Gasteiger partial charge >= 0.3 is 10.1 Å². The monoisotopic (exact) mass is 749 g/mol. The molecule has 13 heteroatoms. The van der Waals surface area contributed by atoms with E-state index in [2.05, 4.69) is 40.8 Å². The van der Waals surface area contributed by atoms with Crippen molar-refractivity contribution in [1.29, 1.82) is 0 Å². The van der Waals surface area contributed by atoms with Gasteiger partial charge in [-0.05, 0) is 78.1 Å². The van der Waals surface area contributed by atoms with Crippen molar-refractivity contribution in [3.8, 4) is 5.75 Å². The number of likely N-dealkylation sites (N-methyl/N-ethyl adjacent to an activating group) is 1. The number of nitrogens with zero attached hydrogens (tertiary/aromatic N) is 5. The van der Waals surface area contributed by atoms with Gasteiger partial charge in [0.05, 0.1) is 0 Å². The molecule has 4 aromatic carbocycles. The van der Waals surface area contributed by atoms with E-state index in [1.165, 1.54) is 42.7 Å². The van der Waals surface area contributed by atoms with Crippen LogP contribution in [0.15, 0.2) is 126 Å². The van der Waals surface area contributed by atoms with Gasteiger partial charge in [0, 0.05) is 62.1 Å². The smallest absolute Gasteiger partial charge is 0.357 e. The van der Waals surface area contributed by atoms with Crippen LogP contribution >= 0.6 is 0 Å². The molecule has 0 spiro atoms. The van der Waals surface area contributed by atoms with E-state index in [0.29, 0.717) is 53.3 Å². The fraction of sp³-hybridized carbons (Fsp3) is 0.225. The minimum atomic E-state index is -4.29. The van der Waals surface area contributed by atoms with Crippen molar-refractivity contribution >= 4 is 53.3 Å². The van der Waals surface area contributed by atoms with Crippen LogP contribution in [0.1, 0.15) is 16.7 Å². The molecular weight excluding hydrogens is 711 g/mol. The Kier molecular flexibility index (Phi) is 9.90. The Labute approximate surface area is 309 Å². The van der Waals surface area contributed by atoms with Gasteiger partial charge in [-0.15, -0.1) is 0 Å². The Morgan fingerprint density at radius 1 is 0.736 bits per heavy atom. The molecule has 1 aliphatic heterocycles. The quantitative estimate of drug-likeness (QED) is 0.161. The third kappa shape index (κ3) is 7.19. The molecule has 0 radical (unpaired) electrons. The van der Waals surface area contributed by atoms with E-state index in [-0.39, 0.29) is 28.1 Å². The van der Waals surface area contributed by atoms with Gasteiger partial charge in [-0.25, -0.2) is 18.4 Å². The van der Waals surface area contributed by atoms with Crippen molar-refractivity contribution in [3.63, 3.8) is 0 Å². The van der Waals surface area contributed by atoms with Crippen molar-refractivity contribution in [2.75, 3.05) is 38.1 Å². The molecule has 11 nitrogen and oxygen atoms in total. The van der Waals surface area contributed by atoms with Crippen molar-refractivity contribution in [1.82, 2.24) is 19.2 Å². The number of benzene rings is 4. The van der Waals surface area contributed by atoms with E-state index in [9.17, 15) is 21.6 Å². The Bertz CT molecular complexity index is 2530. The minimum absolute atomic E-state index is 0.0223. The van der Waals surface area contributed by atoms with E-state index in [1.54, 1.807) is 59.5 Å². The minimum Gasteiger partial charge on any atom is -0.378 e. The van der Waals surface area contributed by atoms with E-state index >= 15 is 0 Å². The van der Waals surface area contributed by atoms with Gasteiger partial charge in [-0.3, -0.25) is 4.79 Å². The predicted octanol–water partition coefficient (Wildman–Crippen LogP) is 5.75. The van der Waals surface area contributed by atoms with Gasteiger partial charge in [0.2, 0.25) is 10.9 Å². The highest BCUT2D eigenvalue weighted by atomic mass is 32.2. The van der Waals surface area contributed by atoms with Crippen LogP contribution in [0.5, 0.6) is 5.75 Å². The molecule has 1 aliphatic rings. The van der Waals surface area contributed by atoms with Crippen LogP contribution in [0.2, 0.25) is 0 Å². The predicted molar refractivity (Wildman–Crippen MR) is 205 cm³/mol. The topological polar surface area (TPSA) is 130 Å². The highest BCUT2D eigenvalue weighted by molar-refractivity contribution is 7.89. The highest BCUT2D eigenvalue weighted by Gasteiger charge is 2.38. The van der Waals surface area contributed by atoms with Crippen molar-refractivity contribution in [2.45, 2.75) is 36.4 Å². The fourth-order valence-corrected chi connectivity index (χ4v) is 9.31. The lowest BCUT2D eigenvalue weighted by molar-refractivity contribution is -0.135. The highest BCUT2D eigenvalue weighted by Crippen LogP contribution is 2.29. The summed E-state index contributed by atoms with van der Waals surface area (Å²) in [6, 6.07) is 28.9. The van der Waals surface area contributed by atoms with Crippen LogP contribution in [0.3, 0.4) is 0 Å². The van der Waals surface area contributed by atoms with Gasteiger partial charge in [0.25, 0.3) is 10.0 Å². The zero-order valence-electron chi connectivity index (χ0n) is 29.6. The molecular formula is C40H39N5O6S2. The SMILES string of the molecule is Cc1cccc(N2CCN(C(=O)C(Cc3ccc(OS(=O)(=O)c4nccc5ccccc45)cc3)N(C)S(=O)(=O)c3nccc4ccccc34)CC2)c1C. The molecule has 53 heavy (non-hydrogen) atoms. The zero-order valence-corrected chi connectivity index (χ0v) is 31.2. The summed E-state index contributed by atoms with van der Waals surface area (Å²) in [4.78, 5) is 26.8. The molecule has 0 N–H and O–H groups in total. The van der Waals surface area contributed by atoms with E-state index in [0.717, 1.165) is 9.99 Å². The second-order valence-electron chi connectivity index (χ2n) is 13.1.